The van der Waals surface area contributed by atoms with Crippen molar-refractivity contribution in [2.75, 3.05) is 0 Å². The SMILES string of the molecule is CCn1c(C(C)NS(=O)(=O)c2ccc(Br)cc2Cl)cnc1Oc1ccc(C)cc1. The molecule has 0 aliphatic rings. The van der Waals surface area contributed by atoms with Gasteiger partial charge in [-0.2, -0.15) is 0 Å². The molecule has 0 amide bonds. The summed E-state index contributed by atoms with van der Waals surface area (Å²) in [5.74, 6) is 0.664. The summed E-state index contributed by atoms with van der Waals surface area (Å²) in [6.07, 6.45) is 1.61. The Balaban J connectivity index is 1.84. The zero-order valence-corrected chi connectivity index (χ0v) is 19.3. The number of rotatable bonds is 7. The van der Waals surface area contributed by atoms with E-state index < -0.39 is 16.1 Å². The minimum atomic E-state index is -3.82. The van der Waals surface area contributed by atoms with Gasteiger partial charge in [-0.3, -0.25) is 4.57 Å². The third-order valence-corrected chi connectivity index (χ3v) is 6.87. The zero-order chi connectivity index (χ0) is 21.2. The van der Waals surface area contributed by atoms with Crippen molar-refractivity contribution in [3.8, 4) is 11.8 Å². The van der Waals surface area contributed by atoms with E-state index in [4.69, 9.17) is 16.3 Å². The highest BCUT2D eigenvalue weighted by Crippen LogP contribution is 2.28. The van der Waals surface area contributed by atoms with Gasteiger partial charge in [0, 0.05) is 11.0 Å². The molecular weight excluding hydrogens is 478 g/mol. The molecule has 0 bridgehead atoms. The molecule has 0 saturated heterocycles. The van der Waals surface area contributed by atoms with Gasteiger partial charge in [0.15, 0.2) is 0 Å². The number of aromatic nitrogens is 2. The molecule has 2 aromatic carbocycles. The van der Waals surface area contributed by atoms with Gasteiger partial charge >= 0.3 is 6.01 Å². The van der Waals surface area contributed by atoms with E-state index in [9.17, 15) is 8.42 Å². The van der Waals surface area contributed by atoms with Gasteiger partial charge in [0.05, 0.1) is 23.0 Å². The summed E-state index contributed by atoms with van der Waals surface area (Å²) in [7, 11) is -3.82. The predicted octanol–water partition coefficient (Wildman–Crippen LogP) is 5.46. The summed E-state index contributed by atoms with van der Waals surface area (Å²) in [4.78, 5) is 4.35. The number of hydrogen-bond donors (Lipinski definition) is 1. The van der Waals surface area contributed by atoms with E-state index >= 15 is 0 Å². The van der Waals surface area contributed by atoms with Crippen molar-refractivity contribution in [3.05, 3.63) is 69.4 Å². The van der Waals surface area contributed by atoms with Crippen LogP contribution < -0.4 is 9.46 Å². The van der Waals surface area contributed by atoms with E-state index in [0.29, 0.717) is 28.5 Å². The first-order chi connectivity index (χ1) is 13.7. The molecule has 3 aromatic rings. The minimum Gasteiger partial charge on any atom is -0.426 e. The summed E-state index contributed by atoms with van der Waals surface area (Å²) in [6.45, 7) is 6.27. The second-order valence-corrected chi connectivity index (χ2v) is 9.55. The lowest BCUT2D eigenvalue weighted by molar-refractivity contribution is 0.408. The van der Waals surface area contributed by atoms with E-state index in [1.54, 1.807) is 25.3 Å². The van der Waals surface area contributed by atoms with Crippen LogP contribution in [0, 0.1) is 6.92 Å². The van der Waals surface area contributed by atoms with Crippen molar-refractivity contribution >= 4 is 37.6 Å². The fourth-order valence-electron chi connectivity index (χ4n) is 2.88. The first kappa shape index (κ1) is 21.8. The van der Waals surface area contributed by atoms with Crippen molar-refractivity contribution in [2.24, 2.45) is 0 Å². The zero-order valence-electron chi connectivity index (χ0n) is 16.2. The maximum absolute atomic E-state index is 12.8. The molecular formula is C20H21BrClN3O3S. The van der Waals surface area contributed by atoms with E-state index in [1.165, 1.54) is 6.07 Å². The Hall–Kier alpha value is -1.87. The lowest BCUT2D eigenvalue weighted by Crippen LogP contribution is -2.28. The molecule has 1 unspecified atom stereocenters. The van der Waals surface area contributed by atoms with Crippen LogP contribution in [0.15, 0.2) is 58.0 Å². The molecule has 0 fully saturated rings. The Morgan fingerprint density at radius 1 is 1.24 bits per heavy atom. The topological polar surface area (TPSA) is 73.2 Å². The Morgan fingerprint density at radius 3 is 2.55 bits per heavy atom. The van der Waals surface area contributed by atoms with E-state index in [1.807, 2.05) is 42.7 Å². The minimum absolute atomic E-state index is 0.0212. The highest BCUT2D eigenvalue weighted by molar-refractivity contribution is 9.10. The number of hydrogen-bond acceptors (Lipinski definition) is 4. The molecule has 0 saturated carbocycles. The number of ether oxygens (including phenoxy) is 1. The van der Waals surface area contributed by atoms with E-state index in [-0.39, 0.29) is 9.92 Å². The van der Waals surface area contributed by atoms with Crippen molar-refractivity contribution < 1.29 is 13.2 Å². The quantitative estimate of drug-likeness (QED) is 0.469. The molecule has 1 atom stereocenters. The fraction of sp³-hybridized carbons (Fsp3) is 0.250. The Bertz CT molecular complexity index is 1110. The molecule has 0 aliphatic heterocycles. The summed E-state index contributed by atoms with van der Waals surface area (Å²) in [5.41, 5.74) is 1.82. The lowest BCUT2D eigenvalue weighted by Gasteiger charge is -2.17. The average Bonchev–Trinajstić information content (AvgIpc) is 3.05. The smallest absolute Gasteiger partial charge is 0.302 e. The average molecular weight is 499 g/mol. The van der Waals surface area contributed by atoms with Gasteiger partial charge < -0.3 is 4.74 Å². The Kier molecular flexibility index (Phi) is 6.68. The summed E-state index contributed by atoms with van der Waals surface area (Å²) >= 11 is 9.40. The van der Waals surface area contributed by atoms with Crippen LogP contribution >= 0.6 is 27.5 Å². The van der Waals surface area contributed by atoms with E-state index in [0.717, 1.165) is 5.56 Å². The van der Waals surface area contributed by atoms with Crippen molar-refractivity contribution in [1.29, 1.82) is 0 Å². The normalized spacial score (nSPS) is 12.7. The van der Waals surface area contributed by atoms with Crippen LogP contribution in [0.5, 0.6) is 11.8 Å². The molecule has 29 heavy (non-hydrogen) atoms. The first-order valence-electron chi connectivity index (χ1n) is 8.98. The van der Waals surface area contributed by atoms with E-state index in [2.05, 4.69) is 25.6 Å². The third kappa shape index (κ3) is 5.01. The van der Waals surface area contributed by atoms with Crippen LogP contribution in [0.25, 0.3) is 0 Å². The van der Waals surface area contributed by atoms with Crippen LogP contribution in [0.3, 0.4) is 0 Å². The molecule has 6 nitrogen and oxygen atoms in total. The van der Waals surface area contributed by atoms with Crippen LogP contribution in [0.2, 0.25) is 5.02 Å². The van der Waals surface area contributed by atoms with Crippen molar-refractivity contribution in [1.82, 2.24) is 14.3 Å². The van der Waals surface area contributed by atoms with Gasteiger partial charge in [0.25, 0.3) is 0 Å². The number of benzene rings is 2. The largest absolute Gasteiger partial charge is 0.426 e. The second kappa shape index (κ2) is 8.87. The number of nitrogens with zero attached hydrogens (tertiary/aromatic N) is 2. The van der Waals surface area contributed by atoms with Gasteiger partial charge in [-0.25, -0.2) is 18.1 Å². The number of halogens is 2. The van der Waals surface area contributed by atoms with Gasteiger partial charge in [-0.05, 0) is 51.1 Å². The Labute approximate surface area is 184 Å². The fourth-order valence-corrected chi connectivity index (χ4v) is 5.13. The van der Waals surface area contributed by atoms with Gasteiger partial charge in [-0.15, -0.1) is 0 Å². The summed E-state index contributed by atoms with van der Waals surface area (Å²) in [6, 6.07) is 12.1. The number of nitrogens with one attached hydrogen (secondary N) is 1. The maximum Gasteiger partial charge on any atom is 0.302 e. The molecule has 1 aromatic heterocycles. The van der Waals surface area contributed by atoms with Crippen LogP contribution in [0.1, 0.15) is 31.1 Å². The lowest BCUT2D eigenvalue weighted by atomic mass is 10.2. The van der Waals surface area contributed by atoms with Gasteiger partial charge in [-0.1, -0.05) is 45.2 Å². The highest BCUT2D eigenvalue weighted by atomic mass is 79.9. The molecule has 1 N–H and O–H groups in total. The number of aryl methyl sites for hydroxylation is 1. The molecule has 3 rings (SSSR count). The maximum atomic E-state index is 12.8. The second-order valence-electron chi connectivity index (χ2n) is 6.54. The number of sulfonamides is 1. The monoisotopic (exact) mass is 497 g/mol. The molecule has 0 radical (unpaired) electrons. The predicted molar refractivity (Wildman–Crippen MR) is 117 cm³/mol. The van der Waals surface area contributed by atoms with Gasteiger partial charge in [0.1, 0.15) is 10.6 Å². The molecule has 1 heterocycles. The molecule has 9 heteroatoms. The van der Waals surface area contributed by atoms with Crippen molar-refractivity contribution in [3.63, 3.8) is 0 Å². The molecule has 154 valence electrons. The molecule has 0 spiro atoms. The van der Waals surface area contributed by atoms with Crippen molar-refractivity contribution in [2.45, 2.75) is 38.3 Å². The van der Waals surface area contributed by atoms with Crippen LogP contribution in [0.4, 0.5) is 0 Å². The third-order valence-electron chi connectivity index (χ3n) is 4.36. The molecule has 0 aliphatic carbocycles. The number of imidazole rings is 1. The van der Waals surface area contributed by atoms with Crippen LogP contribution in [-0.2, 0) is 16.6 Å². The Morgan fingerprint density at radius 2 is 1.93 bits per heavy atom. The first-order valence-corrected chi connectivity index (χ1v) is 11.6. The highest BCUT2D eigenvalue weighted by Gasteiger charge is 2.24. The summed E-state index contributed by atoms with van der Waals surface area (Å²) in [5, 5.41) is 0.145. The van der Waals surface area contributed by atoms with Gasteiger partial charge in [0.2, 0.25) is 10.0 Å². The standard InChI is InChI=1S/C20H21BrClN3O3S/c1-4-25-18(12-23-20(25)28-16-8-5-13(2)6-9-16)14(3)24-29(26,27)19-10-7-15(21)11-17(19)22/h5-12,14,24H,4H2,1-3H3. The summed E-state index contributed by atoms with van der Waals surface area (Å²) < 4.78 is 36.7. The van der Waals surface area contributed by atoms with Crippen LogP contribution in [-0.4, -0.2) is 18.0 Å².